The summed E-state index contributed by atoms with van der Waals surface area (Å²) in [4.78, 5) is 2.51. The molecule has 60 heavy (non-hydrogen) atoms. The summed E-state index contributed by atoms with van der Waals surface area (Å²) in [6, 6.07) is 80.8. The molecule has 0 spiro atoms. The van der Waals surface area contributed by atoms with Crippen LogP contribution in [0.15, 0.2) is 218 Å². The molecular weight excluding hydrogens is 723 g/mol. The van der Waals surface area contributed by atoms with E-state index in [1.807, 2.05) is 0 Å². The Labute approximate surface area is 353 Å². The highest BCUT2D eigenvalue weighted by molar-refractivity contribution is 5.99. The van der Waals surface area contributed by atoms with Gasteiger partial charge in [0.2, 0.25) is 0 Å². The highest BCUT2D eigenvalue weighted by atomic mass is 15.1. The van der Waals surface area contributed by atoms with Gasteiger partial charge in [0.05, 0.1) is 5.69 Å². The maximum atomic E-state index is 2.51. The van der Waals surface area contributed by atoms with Gasteiger partial charge in [-0.15, -0.1) is 0 Å². The highest BCUT2D eigenvalue weighted by Crippen LogP contribution is 2.56. The van der Waals surface area contributed by atoms with Crippen molar-refractivity contribution < 1.29 is 0 Å². The van der Waals surface area contributed by atoms with E-state index in [4.69, 9.17) is 0 Å². The van der Waals surface area contributed by atoms with Crippen molar-refractivity contribution in [3.63, 3.8) is 0 Å². The van der Waals surface area contributed by atoms with E-state index in [-0.39, 0.29) is 10.8 Å². The standard InChI is InChI=1S/C59H45N/c1-58(2)52-30-16-14-28-50(52)57-49(29-19-32-54(57)58)48-27-15-18-33-56(48)60(43-34-36-45(40-20-7-4-8-21-40)51(38-43)41-22-9-5-10-23-41)44-35-37-47-46-26-13-17-31-53(46)59(3,55(47)39-44)42-24-11-6-12-25-42/h4-39H,1-3H3. The van der Waals surface area contributed by atoms with Crippen molar-refractivity contribution >= 4 is 17.1 Å². The van der Waals surface area contributed by atoms with E-state index in [0.29, 0.717) is 0 Å². The van der Waals surface area contributed by atoms with Crippen LogP contribution in [0.25, 0.3) is 55.6 Å². The predicted molar refractivity (Wildman–Crippen MR) is 252 cm³/mol. The van der Waals surface area contributed by atoms with Crippen LogP contribution in [-0.2, 0) is 10.8 Å². The Hall–Kier alpha value is -7.22. The van der Waals surface area contributed by atoms with Crippen LogP contribution in [-0.4, -0.2) is 0 Å². The third-order valence-electron chi connectivity index (χ3n) is 13.4. The zero-order valence-corrected chi connectivity index (χ0v) is 34.2. The van der Waals surface area contributed by atoms with E-state index in [1.165, 1.54) is 83.5 Å². The first kappa shape index (κ1) is 35.9. The zero-order valence-electron chi connectivity index (χ0n) is 34.2. The Morgan fingerprint density at radius 1 is 0.317 bits per heavy atom. The molecule has 0 amide bonds. The molecule has 2 aliphatic rings. The fourth-order valence-corrected chi connectivity index (χ4v) is 10.4. The van der Waals surface area contributed by atoms with Gasteiger partial charge in [-0.25, -0.2) is 0 Å². The average molecular weight is 768 g/mol. The lowest BCUT2D eigenvalue weighted by Crippen LogP contribution is -2.23. The molecule has 1 heteroatoms. The molecule has 11 rings (SSSR count). The molecule has 1 atom stereocenters. The van der Waals surface area contributed by atoms with Gasteiger partial charge in [0.25, 0.3) is 0 Å². The number of rotatable bonds is 7. The summed E-state index contributed by atoms with van der Waals surface area (Å²) in [7, 11) is 0. The van der Waals surface area contributed by atoms with Crippen molar-refractivity contribution in [1.82, 2.24) is 0 Å². The minimum atomic E-state index is -0.337. The van der Waals surface area contributed by atoms with Crippen molar-refractivity contribution in [3.8, 4) is 55.6 Å². The maximum Gasteiger partial charge on any atom is 0.0540 e. The third-order valence-corrected chi connectivity index (χ3v) is 13.4. The van der Waals surface area contributed by atoms with E-state index in [0.717, 1.165) is 17.1 Å². The molecular formula is C59H45N. The minimum absolute atomic E-state index is 0.106. The van der Waals surface area contributed by atoms with Gasteiger partial charge in [0, 0.05) is 27.8 Å². The van der Waals surface area contributed by atoms with Crippen LogP contribution >= 0.6 is 0 Å². The number of fused-ring (bicyclic) bond motifs is 6. The zero-order chi connectivity index (χ0) is 40.4. The van der Waals surface area contributed by atoms with Crippen LogP contribution < -0.4 is 4.90 Å². The lowest BCUT2D eigenvalue weighted by atomic mass is 9.74. The van der Waals surface area contributed by atoms with Gasteiger partial charge in [-0.05, 0) is 115 Å². The molecule has 0 aliphatic heterocycles. The van der Waals surface area contributed by atoms with Gasteiger partial charge in [0.15, 0.2) is 0 Å². The van der Waals surface area contributed by atoms with Crippen LogP contribution in [0.1, 0.15) is 48.6 Å². The Morgan fingerprint density at radius 3 is 1.53 bits per heavy atom. The van der Waals surface area contributed by atoms with E-state index in [2.05, 4.69) is 244 Å². The number of nitrogens with zero attached hydrogens (tertiary/aromatic N) is 1. The van der Waals surface area contributed by atoms with Crippen molar-refractivity contribution in [3.05, 3.63) is 246 Å². The van der Waals surface area contributed by atoms with Gasteiger partial charge in [0.1, 0.15) is 0 Å². The lowest BCUT2D eigenvalue weighted by Gasteiger charge is -2.32. The number of hydrogen-bond acceptors (Lipinski definition) is 1. The first-order chi connectivity index (χ1) is 29.4. The largest absolute Gasteiger partial charge is 0.310 e. The minimum Gasteiger partial charge on any atom is -0.310 e. The van der Waals surface area contributed by atoms with Crippen molar-refractivity contribution in [2.45, 2.75) is 31.6 Å². The second-order valence-corrected chi connectivity index (χ2v) is 17.0. The second kappa shape index (κ2) is 14.0. The third kappa shape index (κ3) is 5.46. The van der Waals surface area contributed by atoms with Gasteiger partial charge in [-0.1, -0.05) is 202 Å². The molecule has 1 nitrogen and oxygen atoms in total. The Balaban J connectivity index is 1.19. The SMILES string of the molecule is CC1(C)c2ccccc2-c2c(-c3ccccc3N(c3ccc(-c4ccccc4)c(-c4ccccc4)c3)c3ccc4c(c3)C(C)(c3ccccc3)c3ccccc3-4)cccc21. The van der Waals surface area contributed by atoms with E-state index >= 15 is 0 Å². The summed E-state index contributed by atoms with van der Waals surface area (Å²) >= 11 is 0. The molecule has 0 bridgehead atoms. The van der Waals surface area contributed by atoms with E-state index in [1.54, 1.807) is 0 Å². The number of hydrogen-bond donors (Lipinski definition) is 0. The summed E-state index contributed by atoms with van der Waals surface area (Å²) in [5, 5.41) is 0. The molecule has 2 aliphatic carbocycles. The maximum absolute atomic E-state index is 2.51. The molecule has 9 aromatic carbocycles. The monoisotopic (exact) mass is 767 g/mol. The molecule has 0 saturated heterocycles. The lowest BCUT2D eigenvalue weighted by molar-refractivity contribution is 0.660. The van der Waals surface area contributed by atoms with E-state index in [9.17, 15) is 0 Å². The van der Waals surface area contributed by atoms with Crippen LogP contribution in [0.3, 0.4) is 0 Å². The Kier molecular flexibility index (Phi) is 8.36. The molecule has 0 aromatic heterocycles. The van der Waals surface area contributed by atoms with Crippen molar-refractivity contribution in [2.24, 2.45) is 0 Å². The van der Waals surface area contributed by atoms with Crippen LogP contribution in [0.5, 0.6) is 0 Å². The van der Waals surface area contributed by atoms with Gasteiger partial charge in [-0.3, -0.25) is 0 Å². The number of anilines is 3. The Morgan fingerprint density at radius 2 is 0.817 bits per heavy atom. The fourth-order valence-electron chi connectivity index (χ4n) is 10.4. The van der Waals surface area contributed by atoms with Crippen LogP contribution in [0.2, 0.25) is 0 Å². The molecule has 286 valence electrons. The summed E-state index contributed by atoms with van der Waals surface area (Å²) in [6.45, 7) is 7.14. The molecule has 0 heterocycles. The quantitative estimate of drug-likeness (QED) is 0.156. The number of para-hydroxylation sites is 1. The van der Waals surface area contributed by atoms with Crippen LogP contribution in [0.4, 0.5) is 17.1 Å². The summed E-state index contributed by atoms with van der Waals surface area (Å²) in [5.41, 5.74) is 22.1. The van der Waals surface area contributed by atoms with Crippen molar-refractivity contribution in [2.75, 3.05) is 4.90 Å². The smallest absolute Gasteiger partial charge is 0.0540 e. The normalized spacial score (nSPS) is 15.4. The Bertz CT molecular complexity index is 3070. The van der Waals surface area contributed by atoms with Gasteiger partial charge in [-0.2, -0.15) is 0 Å². The van der Waals surface area contributed by atoms with Gasteiger partial charge >= 0.3 is 0 Å². The molecule has 1 unspecified atom stereocenters. The highest BCUT2D eigenvalue weighted by Gasteiger charge is 2.41. The average Bonchev–Trinajstić information content (AvgIpc) is 3.71. The second-order valence-electron chi connectivity index (χ2n) is 17.0. The molecule has 0 N–H and O–H groups in total. The molecule has 0 saturated carbocycles. The molecule has 9 aromatic rings. The van der Waals surface area contributed by atoms with Crippen LogP contribution in [0, 0.1) is 0 Å². The summed E-state index contributed by atoms with van der Waals surface area (Å²) < 4.78 is 0. The van der Waals surface area contributed by atoms with Crippen molar-refractivity contribution in [1.29, 1.82) is 0 Å². The topological polar surface area (TPSA) is 3.24 Å². The molecule has 0 fully saturated rings. The molecule has 0 radical (unpaired) electrons. The summed E-state index contributed by atoms with van der Waals surface area (Å²) in [6.07, 6.45) is 0. The fraction of sp³-hybridized carbons (Fsp3) is 0.0847. The summed E-state index contributed by atoms with van der Waals surface area (Å²) in [5.74, 6) is 0. The predicted octanol–water partition coefficient (Wildman–Crippen LogP) is 15.8. The van der Waals surface area contributed by atoms with E-state index < -0.39 is 0 Å². The number of benzene rings is 9. The van der Waals surface area contributed by atoms with Gasteiger partial charge < -0.3 is 4.90 Å². The first-order valence-corrected chi connectivity index (χ1v) is 21.1. The first-order valence-electron chi connectivity index (χ1n) is 21.1.